The van der Waals surface area contributed by atoms with E-state index >= 15 is 0 Å². The maximum absolute atomic E-state index is 12.6. The number of sulfonamides is 1. The number of amides is 1. The molecule has 2 atom stereocenters. The molecule has 1 amide bonds. The Morgan fingerprint density at radius 2 is 1.96 bits per heavy atom. The third-order valence-electron chi connectivity index (χ3n) is 4.99. The standard InChI is InChI=1S/C20H18ClN3O3S/c21-17-9-1-2-10-18(17)24-28(26,27)15-7-3-6-14(11-15)20(25)23-22-19-12-13-5-4-8-16(13)19/h1-7,9-11,13,16,24H,8,12H2,(H,23,25)/b22-19-/t13-,16+/m1/s1. The summed E-state index contributed by atoms with van der Waals surface area (Å²) in [6.45, 7) is 0. The summed E-state index contributed by atoms with van der Waals surface area (Å²) >= 11 is 6.02. The minimum Gasteiger partial charge on any atom is -0.278 e. The number of hydrogen-bond donors (Lipinski definition) is 2. The number of halogens is 1. The lowest BCUT2D eigenvalue weighted by molar-refractivity contribution is 0.0953. The van der Waals surface area contributed by atoms with Crippen LogP contribution >= 0.6 is 11.6 Å². The van der Waals surface area contributed by atoms with Gasteiger partial charge in [-0.1, -0.05) is 42.0 Å². The molecule has 2 aliphatic rings. The second kappa shape index (κ2) is 7.41. The predicted octanol–water partition coefficient (Wildman–Crippen LogP) is 3.82. The average Bonchev–Trinajstić information content (AvgIpc) is 3.04. The molecule has 0 heterocycles. The molecule has 2 aromatic rings. The monoisotopic (exact) mass is 415 g/mol. The van der Waals surface area contributed by atoms with E-state index in [1.165, 1.54) is 18.2 Å². The Hall–Kier alpha value is -2.64. The molecule has 2 N–H and O–H groups in total. The fourth-order valence-corrected chi connectivity index (χ4v) is 4.77. The van der Waals surface area contributed by atoms with E-state index in [9.17, 15) is 13.2 Å². The molecule has 4 rings (SSSR count). The van der Waals surface area contributed by atoms with Crippen molar-refractivity contribution in [3.8, 4) is 0 Å². The van der Waals surface area contributed by atoms with E-state index in [-0.39, 0.29) is 21.2 Å². The fraction of sp³-hybridized carbons (Fsp3) is 0.200. The van der Waals surface area contributed by atoms with Crippen LogP contribution in [0.5, 0.6) is 0 Å². The minimum atomic E-state index is -3.89. The lowest BCUT2D eigenvalue weighted by Crippen LogP contribution is -2.35. The SMILES string of the molecule is O=C(N/N=C1/C[C@H]2C=CC[C@H]12)c1cccc(S(=O)(=O)Nc2ccccc2Cl)c1. The summed E-state index contributed by atoms with van der Waals surface area (Å²) in [4.78, 5) is 12.4. The molecule has 1 saturated carbocycles. The average molecular weight is 416 g/mol. The number of carbonyl (C=O) groups is 1. The van der Waals surface area contributed by atoms with Crippen molar-refractivity contribution in [1.82, 2.24) is 5.43 Å². The van der Waals surface area contributed by atoms with Crippen LogP contribution < -0.4 is 10.1 Å². The summed E-state index contributed by atoms with van der Waals surface area (Å²) in [5.74, 6) is 0.489. The molecular weight excluding hydrogens is 398 g/mol. The van der Waals surface area contributed by atoms with Crippen molar-refractivity contribution in [2.24, 2.45) is 16.9 Å². The van der Waals surface area contributed by atoms with Crippen LogP contribution in [-0.2, 0) is 10.0 Å². The highest BCUT2D eigenvalue weighted by atomic mass is 35.5. The molecule has 0 radical (unpaired) electrons. The first kappa shape index (κ1) is 18.7. The summed E-state index contributed by atoms with van der Waals surface area (Å²) in [6, 6.07) is 12.3. The van der Waals surface area contributed by atoms with Crippen molar-refractivity contribution in [2.75, 3.05) is 4.72 Å². The van der Waals surface area contributed by atoms with Crippen LogP contribution in [0.3, 0.4) is 0 Å². The molecule has 8 heteroatoms. The third kappa shape index (κ3) is 3.68. The van der Waals surface area contributed by atoms with E-state index in [2.05, 4.69) is 27.4 Å². The maximum Gasteiger partial charge on any atom is 0.271 e. The van der Waals surface area contributed by atoms with Gasteiger partial charge in [0.15, 0.2) is 0 Å². The van der Waals surface area contributed by atoms with Crippen LogP contribution in [0.2, 0.25) is 5.02 Å². The Kier molecular flexibility index (Phi) is 4.95. The van der Waals surface area contributed by atoms with E-state index in [1.54, 1.807) is 30.3 Å². The van der Waals surface area contributed by atoms with E-state index < -0.39 is 15.9 Å². The van der Waals surface area contributed by atoms with Crippen LogP contribution in [0.1, 0.15) is 23.2 Å². The molecule has 2 aromatic carbocycles. The number of fused-ring (bicyclic) bond motifs is 1. The summed E-state index contributed by atoms with van der Waals surface area (Å²) in [6.07, 6.45) is 6.14. The quantitative estimate of drug-likeness (QED) is 0.574. The molecule has 0 aromatic heterocycles. The number of rotatable bonds is 5. The second-order valence-corrected chi connectivity index (χ2v) is 8.89. The van der Waals surface area contributed by atoms with Gasteiger partial charge < -0.3 is 0 Å². The Morgan fingerprint density at radius 3 is 2.75 bits per heavy atom. The van der Waals surface area contributed by atoms with E-state index in [0.29, 0.717) is 11.8 Å². The van der Waals surface area contributed by atoms with Crippen LogP contribution in [0.4, 0.5) is 5.69 Å². The van der Waals surface area contributed by atoms with Crippen molar-refractivity contribution in [1.29, 1.82) is 0 Å². The Labute approximate surface area is 168 Å². The molecular formula is C20H18ClN3O3S. The van der Waals surface area contributed by atoms with Crippen LogP contribution in [0, 0.1) is 11.8 Å². The largest absolute Gasteiger partial charge is 0.278 e. The summed E-state index contributed by atoms with van der Waals surface area (Å²) < 4.78 is 27.7. The first-order valence-electron chi connectivity index (χ1n) is 8.85. The van der Waals surface area contributed by atoms with Gasteiger partial charge in [-0.05, 0) is 49.1 Å². The Morgan fingerprint density at radius 1 is 1.14 bits per heavy atom. The summed E-state index contributed by atoms with van der Waals surface area (Å²) in [5.41, 5.74) is 4.00. The molecule has 0 aliphatic heterocycles. The zero-order valence-electron chi connectivity index (χ0n) is 14.8. The van der Waals surface area contributed by atoms with Gasteiger partial charge in [0.25, 0.3) is 15.9 Å². The molecule has 2 aliphatic carbocycles. The molecule has 6 nitrogen and oxygen atoms in total. The van der Waals surface area contributed by atoms with Gasteiger partial charge in [-0.3, -0.25) is 9.52 Å². The number of nitrogens with zero attached hydrogens (tertiary/aromatic N) is 1. The van der Waals surface area contributed by atoms with E-state index in [1.807, 2.05) is 0 Å². The van der Waals surface area contributed by atoms with Gasteiger partial charge in [-0.15, -0.1) is 0 Å². The van der Waals surface area contributed by atoms with Gasteiger partial charge in [0.1, 0.15) is 0 Å². The van der Waals surface area contributed by atoms with E-state index in [0.717, 1.165) is 18.6 Å². The molecule has 0 spiro atoms. The zero-order chi connectivity index (χ0) is 19.7. The fourth-order valence-electron chi connectivity index (χ4n) is 3.40. The smallest absolute Gasteiger partial charge is 0.271 e. The molecule has 144 valence electrons. The zero-order valence-corrected chi connectivity index (χ0v) is 16.4. The predicted molar refractivity (Wildman–Crippen MR) is 109 cm³/mol. The van der Waals surface area contributed by atoms with Gasteiger partial charge >= 0.3 is 0 Å². The van der Waals surface area contributed by atoms with Crippen molar-refractivity contribution in [2.45, 2.75) is 17.7 Å². The van der Waals surface area contributed by atoms with Crippen LogP contribution in [0.15, 0.2) is 70.7 Å². The van der Waals surface area contributed by atoms with E-state index in [4.69, 9.17) is 11.6 Å². The molecule has 0 unspecified atom stereocenters. The lowest BCUT2D eigenvalue weighted by Gasteiger charge is -2.31. The van der Waals surface area contributed by atoms with Crippen molar-refractivity contribution < 1.29 is 13.2 Å². The number of anilines is 1. The number of para-hydroxylation sites is 1. The van der Waals surface area contributed by atoms with Crippen molar-refractivity contribution in [3.05, 3.63) is 71.3 Å². The van der Waals surface area contributed by atoms with Gasteiger partial charge in [-0.25, -0.2) is 13.8 Å². The number of nitrogens with one attached hydrogen (secondary N) is 2. The number of allylic oxidation sites excluding steroid dienone is 2. The van der Waals surface area contributed by atoms with Gasteiger partial charge in [-0.2, -0.15) is 5.10 Å². The Balaban J connectivity index is 1.48. The summed E-state index contributed by atoms with van der Waals surface area (Å²) in [7, 11) is -3.89. The maximum atomic E-state index is 12.6. The number of carbonyl (C=O) groups excluding carboxylic acids is 1. The Bertz CT molecular complexity index is 1100. The topological polar surface area (TPSA) is 87.6 Å². The lowest BCUT2D eigenvalue weighted by atomic mass is 9.74. The van der Waals surface area contributed by atoms with Crippen molar-refractivity contribution >= 4 is 38.9 Å². The highest BCUT2D eigenvalue weighted by Crippen LogP contribution is 2.40. The van der Waals surface area contributed by atoms with Crippen molar-refractivity contribution in [3.63, 3.8) is 0 Å². The third-order valence-corrected chi connectivity index (χ3v) is 6.68. The molecule has 0 saturated heterocycles. The molecule has 28 heavy (non-hydrogen) atoms. The highest BCUT2D eigenvalue weighted by Gasteiger charge is 2.38. The van der Waals surface area contributed by atoms with Gasteiger partial charge in [0.2, 0.25) is 0 Å². The van der Waals surface area contributed by atoms with Crippen LogP contribution in [0.25, 0.3) is 0 Å². The summed E-state index contributed by atoms with van der Waals surface area (Å²) in [5, 5.41) is 4.50. The van der Waals surface area contributed by atoms with Gasteiger partial charge in [0.05, 0.1) is 15.6 Å². The van der Waals surface area contributed by atoms with Gasteiger partial charge in [0, 0.05) is 17.2 Å². The molecule has 0 bridgehead atoms. The van der Waals surface area contributed by atoms with Crippen LogP contribution in [-0.4, -0.2) is 20.0 Å². The first-order valence-corrected chi connectivity index (χ1v) is 10.7. The second-order valence-electron chi connectivity index (χ2n) is 6.80. The first-order chi connectivity index (χ1) is 13.4. The number of benzene rings is 2. The minimum absolute atomic E-state index is 0.0311. The number of hydrogen-bond acceptors (Lipinski definition) is 4. The number of hydrazone groups is 1. The normalized spacial score (nSPS) is 21.8. The molecule has 1 fully saturated rings. The highest BCUT2D eigenvalue weighted by molar-refractivity contribution is 7.92.